The molecule has 0 aromatic heterocycles. The minimum atomic E-state index is 0.0112. The fourth-order valence-electron chi connectivity index (χ4n) is 8.08. The molecule has 4 aliphatic rings. The highest BCUT2D eigenvalue weighted by Gasteiger charge is 2.17. The van der Waals surface area contributed by atoms with Crippen LogP contribution in [-0.4, -0.2) is 43.7 Å². The summed E-state index contributed by atoms with van der Waals surface area (Å²) in [6.07, 6.45) is 46.1. The predicted octanol–water partition coefficient (Wildman–Crippen LogP) is 14.0. The molecule has 1 saturated carbocycles. The molecular weight excluding hydrogens is 674 g/mol. The standard InChI is InChI=1S/2C15H28O2.C15H26O.CH5BP/c16-13-9-11-14-10-7-5-3-1-2-4-6-8-12-15(14)17;16-15-13-11-9-7-5-3-1-2-4-6-8-10-12-14-17-15;1-2-4-6-8-12-15-14(10-7-5-3-1)11-9-13-16-15;1-2-3/h14,16H,1-13H2;1-14H2;1-13H2;3H2,1H3. The number of hydrogen-bond acceptors (Lipinski definition) is 5. The first-order valence-corrected chi connectivity index (χ1v) is 23.9. The molecule has 7 heteroatoms. The van der Waals surface area contributed by atoms with Crippen molar-refractivity contribution in [1.29, 1.82) is 0 Å². The van der Waals surface area contributed by atoms with Crippen molar-refractivity contribution < 1.29 is 24.2 Å². The molecule has 2 aliphatic carbocycles. The maximum absolute atomic E-state index is 12.1. The summed E-state index contributed by atoms with van der Waals surface area (Å²) < 4.78 is 11.1. The third-order valence-electron chi connectivity index (χ3n) is 11.4. The summed E-state index contributed by atoms with van der Waals surface area (Å²) in [7, 11) is 2.45. The number of esters is 1. The number of hydrogen-bond donors (Lipinski definition) is 1. The van der Waals surface area contributed by atoms with E-state index in [2.05, 4.69) is 9.12 Å². The van der Waals surface area contributed by atoms with Gasteiger partial charge in [-0.3, -0.25) is 9.59 Å². The molecule has 2 fully saturated rings. The molecule has 1 saturated heterocycles. The number of carbonyl (C=O) groups is 2. The summed E-state index contributed by atoms with van der Waals surface area (Å²) in [4.78, 5) is 23.4. The Morgan fingerprint density at radius 2 is 0.925 bits per heavy atom. The fourth-order valence-corrected chi connectivity index (χ4v) is 8.08. The molecule has 53 heavy (non-hydrogen) atoms. The number of Topliss-reactive ketones (excluding diaryl/α,β-unsaturated/α-hetero) is 1. The van der Waals surface area contributed by atoms with Gasteiger partial charge in [0.1, 0.15) is 12.8 Å². The Balaban J connectivity index is 0.000000383. The zero-order chi connectivity index (χ0) is 38.3. The van der Waals surface area contributed by atoms with Gasteiger partial charge >= 0.3 is 5.97 Å². The molecule has 2 unspecified atom stereocenters. The molecule has 0 spiro atoms. The van der Waals surface area contributed by atoms with Crippen molar-refractivity contribution in [2.75, 3.05) is 19.8 Å². The summed E-state index contributed by atoms with van der Waals surface area (Å²) >= 11 is 0. The second kappa shape index (κ2) is 39.4. The Kier molecular flexibility index (Phi) is 37.3. The van der Waals surface area contributed by atoms with Crippen molar-refractivity contribution in [1.82, 2.24) is 0 Å². The van der Waals surface area contributed by atoms with Crippen LogP contribution >= 0.6 is 9.12 Å². The third kappa shape index (κ3) is 32.0. The summed E-state index contributed by atoms with van der Waals surface area (Å²) in [6.45, 7) is 5.71. The first-order valence-electron chi connectivity index (χ1n) is 23.2. The van der Waals surface area contributed by atoms with Crippen molar-refractivity contribution in [2.24, 2.45) is 5.92 Å². The van der Waals surface area contributed by atoms with Crippen molar-refractivity contribution in [3.63, 3.8) is 0 Å². The van der Waals surface area contributed by atoms with Crippen LogP contribution in [-0.2, 0) is 19.1 Å². The van der Waals surface area contributed by atoms with E-state index in [1.54, 1.807) is 5.57 Å². The van der Waals surface area contributed by atoms with E-state index in [0.29, 0.717) is 18.8 Å². The lowest BCUT2D eigenvalue weighted by atomic mass is 9.88. The number of carbonyl (C=O) groups excluding carboxylic acids is 2. The van der Waals surface area contributed by atoms with Crippen LogP contribution in [0.5, 0.6) is 0 Å². The third-order valence-corrected chi connectivity index (χ3v) is 11.4. The van der Waals surface area contributed by atoms with E-state index in [1.165, 1.54) is 192 Å². The first kappa shape index (κ1) is 50.2. The zero-order valence-corrected chi connectivity index (χ0v) is 36.3. The molecule has 5 nitrogen and oxygen atoms in total. The summed E-state index contributed by atoms with van der Waals surface area (Å²) in [5.41, 5.74) is 1.66. The highest BCUT2D eigenvalue weighted by Crippen LogP contribution is 2.29. The predicted molar refractivity (Wildman–Crippen MR) is 232 cm³/mol. The summed E-state index contributed by atoms with van der Waals surface area (Å²) in [5.74, 6) is 2.09. The van der Waals surface area contributed by atoms with E-state index in [9.17, 15) is 9.59 Å². The van der Waals surface area contributed by atoms with Gasteiger partial charge in [-0.2, -0.15) is 9.12 Å². The molecule has 309 valence electrons. The maximum atomic E-state index is 12.1. The number of rotatable bonds is 3. The first-order chi connectivity index (χ1) is 26.1. The number of ketones is 1. The van der Waals surface area contributed by atoms with E-state index < -0.39 is 0 Å². The van der Waals surface area contributed by atoms with Gasteiger partial charge in [-0.05, 0) is 76.2 Å². The lowest BCUT2D eigenvalue weighted by molar-refractivity contribution is -0.143. The largest absolute Gasteiger partial charge is 0.498 e. The van der Waals surface area contributed by atoms with Crippen molar-refractivity contribution in [2.45, 2.75) is 244 Å². The lowest BCUT2D eigenvalue weighted by Crippen LogP contribution is -2.15. The number of aliphatic hydroxyl groups excluding tert-OH is 1. The molecular formula is C46H87BO5P. The summed E-state index contributed by atoms with van der Waals surface area (Å²) in [6, 6.07) is 0. The van der Waals surface area contributed by atoms with Gasteiger partial charge in [0.2, 0.25) is 0 Å². The van der Waals surface area contributed by atoms with Crippen LogP contribution < -0.4 is 0 Å². The lowest BCUT2D eigenvalue weighted by Gasteiger charge is -2.22. The second-order valence-corrected chi connectivity index (χ2v) is 16.9. The van der Waals surface area contributed by atoms with E-state index in [-0.39, 0.29) is 18.5 Å². The summed E-state index contributed by atoms with van der Waals surface area (Å²) in [5, 5.41) is 8.88. The Labute approximate surface area is 332 Å². The second-order valence-electron chi connectivity index (χ2n) is 16.2. The van der Waals surface area contributed by atoms with Gasteiger partial charge in [0.25, 0.3) is 0 Å². The van der Waals surface area contributed by atoms with E-state index in [1.807, 2.05) is 13.8 Å². The van der Waals surface area contributed by atoms with Gasteiger partial charge in [-0.25, -0.2) is 0 Å². The number of cyclic esters (lactones) is 1. The van der Waals surface area contributed by atoms with Gasteiger partial charge in [0.15, 0.2) is 0 Å². The van der Waals surface area contributed by atoms with Gasteiger partial charge in [0.05, 0.1) is 19.0 Å². The molecule has 0 bridgehead atoms. The molecule has 2 aliphatic heterocycles. The topological polar surface area (TPSA) is 72.8 Å². The molecule has 0 amide bonds. The highest BCUT2D eigenvalue weighted by atomic mass is 31.0. The Morgan fingerprint density at radius 3 is 1.45 bits per heavy atom. The van der Waals surface area contributed by atoms with Crippen molar-refractivity contribution in [3.05, 3.63) is 11.3 Å². The molecule has 0 aromatic carbocycles. The number of ether oxygens (including phenoxy) is 2. The number of aliphatic hydroxyl groups is 1. The zero-order valence-electron chi connectivity index (χ0n) is 35.1. The van der Waals surface area contributed by atoms with Gasteiger partial charge in [-0.15, -0.1) is 0 Å². The Hall–Kier alpha value is -0.865. The number of allylic oxidation sites excluding steroid dienone is 2. The minimum absolute atomic E-state index is 0.0112. The smallest absolute Gasteiger partial charge is 0.305 e. The SMILES string of the molecule is C1CCCCCC2=C(CCCC1)CCCO2.C[B]P.O=C1CCCCCCCCCCC1CCCO.O=C1CCCCCCCCCCCCCCO1. The Morgan fingerprint density at radius 1 is 0.528 bits per heavy atom. The minimum Gasteiger partial charge on any atom is -0.498 e. The van der Waals surface area contributed by atoms with Crippen molar-refractivity contribution >= 4 is 27.9 Å². The normalized spacial score (nSPS) is 23.2. The molecule has 2 heterocycles. The van der Waals surface area contributed by atoms with Crippen LogP contribution in [0.2, 0.25) is 6.82 Å². The van der Waals surface area contributed by atoms with Gasteiger partial charge in [-0.1, -0.05) is 155 Å². The molecule has 4 rings (SSSR count). The average molecular weight is 762 g/mol. The quantitative estimate of drug-likeness (QED) is 0.176. The molecule has 2 atom stereocenters. The molecule has 1 N–H and O–H groups in total. The van der Waals surface area contributed by atoms with Crippen LogP contribution in [0.3, 0.4) is 0 Å². The molecule has 0 aromatic rings. The van der Waals surface area contributed by atoms with Crippen LogP contribution in [0.4, 0.5) is 0 Å². The van der Waals surface area contributed by atoms with Crippen LogP contribution in [0.1, 0.15) is 238 Å². The van der Waals surface area contributed by atoms with Gasteiger partial charge < -0.3 is 14.6 Å². The van der Waals surface area contributed by atoms with E-state index in [0.717, 1.165) is 51.6 Å². The molecule has 1 radical (unpaired) electrons. The van der Waals surface area contributed by atoms with E-state index >= 15 is 0 Å². The maximum Gasteiger partial charge on any atom is 0.305 e. The average Bonchev–Trinajstić information content (AvgIpc) is 3.15. The van der Waals surface area contributed by atoms with Crippen LogP contribution in [0.15, 0.2) is 11.3 Å². The fraction of sp³-hybridized carbons (Fsp3) is 0.913. The highest BCUT2D eigenvalue weighted by molar-refractivity contribution is 7.55. The van der Waals surface area contributed by atoms with Crippen LogP contribution in [0, 0.1) is 5.92 Å². The van der Waals surface area contributed by atoms with Crippen LogP contribution in [0.25, 0.3) is 0 Å². The van der Waals surface area contributed by atoms with Gasteiger partial charge in [0, 0.05) is 31.8 Å². The monoisotopic (exact) mass is 762 g/mol. The Bertz CT molecular complexity index is 823. The van der Waals surface area contributed by atoms with Crippen molar-refractivity contribution in [3.8, 4) is 0 Å². The van der Waals surface area contributed by atoms with E-state index in [4.69, 9.17) is 14.6 Å².